The number of rotatable bonds is 4. The van der Waals surface area contributed by atoms with Crippen LogP contribution in [0.3, 0.4) is 0 Å². The number of aromatic nitrogens is 3. The van der Waals surface area contributed by atoms with Gasteiger partial charge in [0.1, 0.15) is 5.69 Å². The maximum absolute atomic E-state index is 13.8. The van der Waals surface area contributed by atoms with Gasteiger partial charge in [-0.2, -0.15) is 13.9 Å². The first-order chi connectivity index (χ1) is 14.2. The van der Waals surface area contributed by atoms with E-state index in [1.807, 2.05) is 12.1 Å². The molecule has 6 nitrogen and oxygen atoms in total. The second-order valence-electron chi connectivity index (χ2n) is 7.57. The summed E-state index contributed by atoms with van der Waals surface area (Å²) >= 11 is 5.22. The molecule has 0 saturated carbocycles. The van der Waals surface area contributed by atoms with E-state index in [9.17, 15) is 13.6 Å². The zero-order chi connectivity index (χ0) is 21.5. The molecule has 0 bridgehead atoms. The number of halogens is 3. The van der Waals surface area contributed by atoms with Gasteiger partial charge in [-0.05, 0) is 42.6 Å². The van der Waals surface area contributed by atoms with Crippen molar-refractivity contribution in [2.75, 3.05) is 26.2 Å². The third kappa shape index (κ3) is 4.15. The van der Waals surface area contributed by atoms with Crippen molar-refractivity contribution in [3.8, 4) is 0 Å². The molecule has 9 heteroatoms. The van der Waals surface area contributed by atoms with Crippen molar-refractivity contribution in [3.63, 3.8) is 0 Å². The molecule has 0 N–H and O–H groups in total. The molecular formula is C21H22ClF2N5O. The summed E-state index contributed by atoms with van der Waals surface area (Å²) in [5.74, 6) is -0.294. The topological polar surface area (TPSA) is 53.7 Å². The van der Waals surface area contributed by atoms with Gasteiger partial charge >= 0.3 is 5.38 Å². The quantitative estimate of drug-likeness (QED) is 0.590. The minimum atomic E-state index is -3.61. The van der Waals surface area contributed by atoms with Gasteiger partial charge in [0.25, 0.3) is 5.91 Å². The number of alkyl halides is 3. The van der Waals surface area contributed by atoms with E-state index < -0.39 is 11.1 Å². The molecule has 4 rings (SSSR count). The lowest BCUT2D eigenvalue weighted by Crippen LogP contribution is -2.48. The third-order valence-corrected chi connectivity index (χ3v) is 5.57. The first-order valence-corrected chi connectivity index (χ1v) is 10.1. The number of fused-ring (bicyclic) bond motifs is 1. The Morgan fingerprint density at radius 1 is 1.13 bits per heavy atom. The van der Waals surface area contributed by atoms with Gasteiger partial charge in [0.05, 0.1) is 0 Å². The molecule has 30 heavy (non-hydrogen) atoms. The van der Waals surface area contributed by atoms with Crippen LogP contribution in [0.1, 0.15) is 33.0 Å². The number of hydrogen-bond donors (Lipinski definition) is 0. The first-order valence-electron chi connectivity index (χ1n) is 9.73. The Balaban J connectivity index is 1.48. The van der Waals surface area contributed by atoms with Crippen molar-refractivity contribution in [1.82, 2.24) is 24.4 Å². The summed E-state index contributed by atoms with van der Waals surface area (Å²) in [6.07, 6.45) is 0. The molecule has 0 radical (unpaired) electrons. The Labute approximate surface area is 178 Å². The van der Waals surface area contributed by atoms with Crippen molar-refractivity contribution in [2.45, 2.75) is 25.8 Å². The van der Waals surface area contributed by atoms with Gasteiger partial charge in [0.2, 0.25) is 0 Å². The number of aryl methyl sites for hydroxylation is 2. The normalized spacial score (nSPS) is 15.7. The summed E-state index contributed by atoms with van der Waals surface area (Å²) in [4.78, 5) is 21.1. The van der Waals surface area contributed by atoms with Crippen LogP contribution in [0, 0.1) is 13.8 Å². The molecule has 3 aromatic rings. The average molecular weight is 434 g/mol. The lowest BCUT2D eigenvalue weighted by molar-refractivity contribution is 0.0620. The van der Waals surface area contributed by atoms with Crippen LogP contribution in [0.2, 0.25) is 0 Å². The van der Waals surface area contributed by atoms with E-state index in [1.54, 1.807) is 11.8 Å². The second kappa shape index (κ2) is 7.92. The molecule has 1 saturated heterocycles. The average Bonchev–Trinajstić information content (AvgIpc) is 3.12. The Hall–Kier alpha value is -2.58. The van der Waals surface area contributed by atoms with E-state index in [-0.39, 0.29) is 17.2 Å². The number of carbonyl (C=O) groups is 1. The highest BCUT2D eigenvalue weighted by Crippen LogP contribution is 2.32. The molecule has 1 fully saturated rings. The lowest BCUT2D eigenvalue weighted by atomic mass is 10.1. The minimum Gasteiger partial charge on any atom is -0.335 e. The molecule has 2 aromatic heterocycles. The van der Waals surface area contributed by atoms with Gasteiger partial charge in [-0.25, -0.2) is 9.50 Å². The van der Waals surface area contributed by atoms with E-state index in [2.05, 4.69) is 34.0 Å². The van der Waals surface area contributed by atoms with Crippen LogP contribution in [0.4, 0.5) is 8.78 Å². The highest BCUT2D eigenvalue weighted by Gasteiger charge is 2.33. The number of hydrogen-bond acceptors (Lipinski definition) is 4. The van der Waals surface area contributed by atoms with Gasteiger partial charge < -0.3 is 4.90 Å². The summed E-state index contributed by atoms with van der Waals surface area (Å²) in [5, 5.41) is 0.467. The van der Waals surface area contributed by atoms with Crippen LogP contribution < -0.4 is 0 Å². The zero-order valence-corrected chi connectivity index (χ0v) is 17.5. The van der Waals surface area contributed by atoms with Crippen molar-refractivity contribution < 1.29 is 13.6 Å². The van der Waals surface area contributed by atoms with Gasteiger partial charge in [0.15, 0.2) is 11.3 Å². The maximum atomic E-state index is 13.8. The van der Waals surface area contributed by atoms with Crippen molar-refractivity contribution in [2.24, 2.45) is 0 Å². The number of amides is 1. The van der Waals surface area contributed by atoms with Gasteiger partial charge in [-0.15, -0.1) is 0 Å². The predicted octanol–water partition coefficient (Wildman–Crippen LogP) is 3.59. The standard InChI is InChI=1S/C21H22ClF2N5O/c1-14-5-3-4-6-16(14)13-27-7-9-28(10-8-27)20(30)17-12-19-25-15(2)11-18(21(22,23)24)29(19)26-17/h3-6,11-12H,7-10,13H2,1-2H3. The summed E-state index contributed by atoms with van der Waals surface area (Å²) in [7, 11) is 0. The molecule has 0 spiro atoms. The SMILES string of the molecule is Cc1cc(C(F)(F)Cl)n2nc(C(=O)N3CCN(Cc4ccccc4C)CC3)cc2n1. The molecule has 0 unspecified atom stereocenters. The fraction of sp³-hybridized carbons (Fsp3) is 0.381. The number of nitrogens with zero attached hydrogens (tertiary/aromatic N) is 5. The smallest absolute Gasteiger partial charge is 0.335 e. The molecular weight excluding hydrogens is 412 g/mol. The van der Waals surface area contributed by atoms with Crippen molar-refractivity contribution in [3.05, 3.63) is 64.6 Å². The summed E-state index contributed by atoms with van der Waals surface area (Å²) in [6, 6.07) is 10.9. The van der Waals surface area contributed by atoms with Crippen LogP contribution in [0.5, 0.6) is 0 Å². The lowest BCUT2D eigenvalue weighted by Gasteiger charge is -2.34. The summed E-state index contributed by atoms with van der Waals surface area (Å²) < 4.78 is 28.5. The molecule has 1 aromatic carbocycles. The van der Waals surface area contributed by atoms with E-state index in [0.29, 0.717) is 18.8 Å². The van der Waals surface area contributed by atoms with Gasteiger partial charge in [-0.3, -0.25) is 9.69 Å². The highest BCUT2D eigenvalue weighted by atomic mass is 35.5. The monoisotopic (exact) mass is 433 g/mol. The minimum absolute atomic E-state index is 0.0858. The Morgan fingerprint density at radius 3 is 2.50 bits per heavy atom. The van der Waals surface area contributed by atoms with Crippen LogP contribution >= 0.6 is 11.6 Å². The Morgan fingerprint density at radius 2 is 1.83 bits per heavy atom. The fourth-order valence-corrected chi connectivity index (χ4v) is 3.84. The van der Waals surface area contributed by atoms with Crippen LogP contribution in [-0.2, 0) is 11.9 Å². The number of carbonyl (C=O) groups excluding carboxylic acids is 1. The van der Waals surface area contributed by atoms with Crippen LogP contribution in [0.25, 0.3) is 5.65 Å². The second-order valence-corrected chi connectivity index (χ2v) is 8.05. The molecule has 3 heterocycles. The molecule has 158 valence electrons. The van der Waals surface area contributed by atoms with Gasteiger partial charge in [0, 0.05) is 44.5 Å². The fourth-order valence-electron chi connectivity index (χ4n) is 3.71. The molecule has 1 amide bonds. The molecule has 0 aliphatic carbocycles. The summed E-state index contributed by atoms with van der Waals surface area (Å²) in [6.45, 7) is 7.07. The van der Waals surface area contributed by atoms with Crippen LogP contribution in [0.15, 0.2) is 36.4 Å². The van der Waals surface area contributed by atoms with Crippen molar-refractivity contribution >= 4 is 23.2 Å². The van der Waals surface area contributed by atoms with Gasteiger partial charge in [-0.1, -0.05) is 24.3 Å². The largest absolute Gasteiger partial charge is 0.364 e. The van der Waals surface area contributed by atoms with E-state index in [0.717, 1.165) is 24.1 Å². The van der Waals surface area contributed by atoms with Crippen LogP contribution in [-0.4, -0.2) is 56.5 Å². The Kier molecular flexibility index (Phi) is 5.46. The third-order valence-electron chi connectivity index (χ3n) is 5.38. The first kappa shape index (κ1) is 20.7. The predicted molar refractivity (Wildman–Crippen MR) is 110 cm³/mol. The molecule has 0 atom stereocenters. The highest BCUT2D eigenvalue weighted by molar-refractivity contribution is 6.21. The Bertz CT molecular complexity index is 1090. The summed E-state index contributed by atoms with van der Waals surface area (Å²) in [5.41, 5.74) is 2.65. The van der Waals surface area contributed by atoms with Crippen molar-refractivity contribution in [1.29, 1.82) is 0 Å². The van der Waals surface area contributed by atoms with E-state index >= 15 is 0 Å². The molecule has 1 aliphatic heterocycles. The number of piperazine rings is 1. The number of benzene rings is 1. The molecule has 1 aliphatic rings. The maximum Gasteiger partial charge on any atom is 0.364 e. The zero-order valence-electron chi connectivity index (χ0n) is 16.8. The van der Waals surface area contributed by atoms with E-state index in [1.165, 1.54) is 23.3 Å². The van der Waals surface area contributed by atoms with E-state index in [4.69, 9.17) is 11.6 Å².